The van der Waals surface area contributed by atoms with Crippen molar-refractivity contribution in [2.75, 3.05) is 18.2 Å². The fourth-order valence-electron chi connectivity index (χ4n) is 3.78. The molecule has 1 saturated carbocycles. The molecule has 0 saturated heterocycles. The summed E-state index contributed by atoms with van der Waals surface area (Å²) in [5, 5.41) is 16.3. The second-order valence-electron chi connectivity index (χ2n) is 7.31. The van der Waals surface area contributed by atoms with E-state index < -0.39 is 5.97 Å². The number of anilines is 1. The van der Waals surface area contributed by atoms with Crippen molar-refractivity contribution < 1.29 is 14.3 Å². The average molecular weight is 477 g/mol. The normalized spacial score (nSPS) is 14.5. The van der Waals surface area contributed by atoms with Crippen molar-refractivity contribution in [3.05, 3.63) is 44.5 Å². The van der Waals surface area contributed by atoms with Crippen LogP contribution in [0.2, 0.25) is 0 Å². The molecule has 3 heterocycles. The van der Waals surface area contributed by atoms with Crippen LogP contribution < -0.4 is 5.32 Å². The summed E-state index contributed by atoms with van der Waals surface area (Å²) < 4.78 is 7.02. The molecule has 10 heteroatoms. The third-order valence-corrected chi connectivity index (χ3v) is 7.94. The Bertz CT molecular complexity index is 1020. The lowest BCUT2D eigenvalue weighted by molar-refractivity contribution is -0.113. The third kappa shape index (κ3) is 5.36. The van der Waals surface area contributed by atoms with Crippen molar-refractivity contribution in [2.45, 2.75) is 49.7 Å². The van der Waals surface area contributed by atoms with E-state index in [0.29, 0.717) is 16.6 Å². The lowest BCUT2D eigenvalue weighted by Crippen LogP contribution is -2.19. The maximum absolute atomic E-state index is 12.6. The molecule has 1 aliphatic carbocycles. The maximum atomic E-state index is 12.6. The van der Waals surface area contributed by atoms with Gasteiger partial charge in [-0.2, -0.15) is 0 Å². The molecule has 0 spiro atoms. The van der Waals surface area contributed by atoms with Crippen LogP contribution in [0.5, 0.6) is 0 Å². The van der Waals surface area contributed by atoms with Gasteiger partial charge in [-0.3, -0.25) is 4.79 Å². The standard InChI is InChI=1S/C21H24N4O3S3/c1-28-20(27)19-16(9-11-30-19)22-18(26)13-31-21-24-23-17(12-15-8-5-10-29-15)25(21)14-6-3-2-4-7-14/h5,8-11,14H,2-4,6-7,12-13H2,1H3,(H,22,26). The Morgan fingerprint density at radius 1 is 1.19 bits per heavy atom. The van der Waals surface area contributed by atoms with Gasteiger partial charge in [-0.15, -0.1) is 32.9 Å². The Hall–Kier alpha value is -2.17. The molecule has 1 amide bonds. The molecule has 0 atom stereocenters. The number of thiophene rings is 2. The van der Waals surface area contributed by atoms with Crippen molar-refractivity contribution in [2.24, 2.45) is 0 Å². The fourth-order valence-corrected chi connectivity index (χ4v) is 6.07. The van der Waals surface area contributed by atoms with Crippen molar-refractivity contribution in [1.29, 1.82) is 0 Å². The number of hydrogen-bond acceptors (Lipinski definition) is 8. The first-order valence-corrected chi connectivity index (χ1v) is 12.9. The van der Waals surface area contributed by atoms with Crippen LogP contribution in [0.3, 0.4) is 0 Å². The molecule has 0 radical (unpaired) electrons. The van der Waals surface area contributed by atoms with E-state index in [9.17, 15) is 9.59 Å². The van der Waals surface area contributed by atoms with Crippen LogP contribution >= 0.6 is 34.4 Å². The molecule has 4 rings (SSSR count). The van der Waals surface area contributed by atoms with Gasteiger partial charge in [0.05, 0.1) is 18.6 Å². The van der Waals surface area contributed by atoms with E-state index in [0.717, 1.165) is 30.2 Å². The molecule has 0 aromatic carbocycles. The van der Waals surface area contributed by atoms with Gasteiger partial charge in [-0.1, -0.05) is 37.1 Å². The van der Waals surface area contributed by atoms with Gasteiger partial charge >= 0.3 is 5.97 Å². The molecule has 3 aromatic heterocycles. The number of ether oxygens (including phenoxy) is 1. The summed E-state index contributed by atoms with van der Waals surface area (Å²) in [6.07, 6.45) is 6.68. The number of nitrogens with one attached hydrogen (secondary N) is 1. The molecule has 0 aliphatic heterocycles. The van der Waals surface area contributed by atoms with E-state index in [2.05, 4.69) is 31.5 Å². The summed E-state index contributed by atoms with van der Waals surface area (Å²) in [4.78, 5) is 26.0. The van der Waals surface area contributed by atoms with Crippen LogP contribution in [0.1, 0.15) is 58.5 Å². The van der Waals surface area contributed by atoms with Gasteiger partial charge in [0, 0.05) is 17.3 Å². The number of hydrogen-bond donors (Lipinski definition) is 1. The topological polar surface area (TPSA) is 86.1 Å². The van der Waals surface area contributed by atoms with Gasteiger partial charge in [-0.25, -0.2) is 4.79 Å². The Kier molecular flexibility index (Phi) is 7.41. The Morgan fingerprint density at radius 2 is 2.03 bits per heavy atom. The summed E-state index contributed by atoms with van der Waals surface area (Å²) in [5.41, 5.74) is 0.481. The van der Waals surface area contributed by atoms with Crippen LogP contribution in [0.15, 0.2) is 34.1 Å². The average Bonchev–Trinajstić information content (AvgIpc) is 3.54. The smallest absolute Gasteiger partial charge is 0.350 e. The first-order valence-electron chi connectivity index (χ1n) is 10.2. The first kappa shape index (κ1) is 22.0. The monoisotopic (exact) mass is 476 g/mol. The van der Waals surface area contributed by atoms with Gasteiger partial charge in [0.15, 0.2) is 5.16 Å². The van der Waals surface area contributed by atoms with Crippen LogP contribution in [-0.2, 0) is 16.0 Å². The highest BCUT2D eigenvalue weighted by molar-refractivity contribution is 7.99. The lowest BCUT2D eigenvalue weighted by atomic mass is 9.95. The largest absolute Gasteiger partial charge is 0.465 e. The van der Waals surface area contributed by atoms with E-state index in [1.54, 1.807) is 22.8 Å². The van der Waals surface area contributed by atoms with E-state index in [4.69, 9.17) is 4.74 Å². The summed E-state index contributed by atoms with van der Waals surface area (Å²) in [6.45, 7) is 0. The summed E-state index contributed by atoms with van der Waals surface area (Å²) in [6, 6.07) is 6.26. The molecular weight excluding hydrogens is 452 g/mol. The van der Waals surface area contributed by atoms with E-state index in [1.807, 2.05) is 6.07 Å². The first-order chi connectivity index (χ1) is 15.2. The zero-order valence-corrected chi connectivity index (χ0v) is 19.7. The predicted molar refractivity (Wildman–Crippen MR) is 124 cm³/mol. The molecule has 164 valence electrons. The van der Waals surface area contributed by atoms with E-state index >= 15 is 0 Å². The highest BCUT2D eigenvalue weighted by Crippen LogP contribution is 2.33. The number of nitrogens with zero attached hydrogens (tertiary/aromatic N) is 3. The number of carbonyl (C=O) groups is 2. The fraction of sp³-hybridized carbons (Fsp3) is 0.429. The molecule has 3 aromatic rings. The number of esters is 1. The highest BCUT2D eigenvalue weighted by atomic mass is 32.2. The van der Waals surface area contributed by atoms with Gasteiger partial charge in [0.2, 0.25) is 5.91 Å². The summed E-state index contributed by atoms with van der Waals surface area (Å²) in [5.74, 6) is 0.517. The number of thioether (sulfide) groups is 1. The zero-order valence-electron chi connectivity index (χ0n) is 17.2. The molecule has 31 heavy (non-hydrogen) atoms. The maximum Gasteiger partial charge on any atom is 0.350 e. The molecular formula is C21H24N4O3S3. The van der Waals surface area contributed by atoms with Crippen molar-refractivity contribution in [3.8, 4) is 0 Å². The Morgan fingerprint density at radius 3 is 2.77 bits per heavy atom. The lowest BCUT2D eigenvalue weighted by Gasteiger charge is -2.25. The molecule has 0 bridgehead atoms. The number of rotatable bonds is 8. The Labute approximate surface area is 193 Å². The predicted octanol–water partition coefficient (Wildman–Crippen LogP) is 5.01. The van der Waals surface area contributed by atoms with E-state index in [-0.39, 0.29) is 11.7 Å². The van der Waals surface area contributed by atoms with Crippen LogP contribution in [0, 0.1) is 0 Å². The molecule has 0 unspecified atom stereocenters. The number of carbonyl (C=O) groups excluding carboxylic acids is 2. The van der Waals surface area contributed by atoms with Gasteiger partial charge in [0.1, 0.15) is 10.7 Å². The minimum atomic E-state index is -0.451. The SMILES string of the molecule is COC(=O)c1sccc1NC(=O)CSc1nnc(Cc2cccs2)n1C1CCCCC1. The number of aromatic nitrogens is 3. The van der Waals surface area contributed by atoms with E-state index in [1.165, 1.54) is 54.3 Å². The number of amides is 1. The second kappa shape index (κ2) is 10.4. The summed E-state index contributed by atoms with van der Waals surface area (Å²) >= 11 is 4.35. The second-order valence-corrected chi connectivity index (χ2v) is 10.2. The van der Waals surface area contributed by atoms with Crippen molar-refractivity contribution >= 4 is 52.0 Å². The van der Waals surface area contributed by atoms with Crippen molar-refractivity contribution in [1.82, 2.24) is 14.8 Å². The van der Waals surface area contributed by atoms with Crippen LogP contribution in [0.4, 0.5) is 5.69 Å². The highest BCUT2D eigenvalue weighted by Gasteiger charge is 2.24. The Balaban J connectivity index is 1.46. The minimum absolute atomic E-state index is 0.188. The van der Waals surface area contributed by atoms with Crippen LogP contribution in [0.25, 0.3) is 0 Å². The number of methoxy groups -OCH3 is 1. The van der Waals surface area contributed by atoms with Crippen molar-refractivity contribution in [3.63, 3.8) is 0 Å². The van der Waals surface area contributed by atoms with Crippen LogP contribution in [-0.4, -0.2) is 39.5 Å². The quantitative estimate of drug-likeness (QED) is 0.363. The minimum Gasteiger partial charge on any atom is -0.465 e. The van der Waals surface area contributed by atoms with Gasteiger partial charge in [-0.05, 0) is 35.7 Å². The van der Waals surface area contributed by atoms with Gasteiger partial charge in [0.25, 0.3) is 0 Å². The molecule has 7 nitrogen and oxygen atoms in total. The molecule has 1 fully saturated rings. The molecule has 1 aliphatic rings. The van der Waals surface area contributed by atoms with Gasteiger partial charge < -0.3 is 14.6 Å². The molecule has 1 N–H and O–H groups in total. The third-order valence-electron chi connectivity index (χ3n) is 5.23. The summed E-state index contributed by atoms with van der Waals surface area (Å²) in [7, 11) is 1.33. The zero-order chi connectivity index (χ0) is 21.6.